The Hall–Kier alpha value is -1.44. The fourth-order valence-electron chi connectivity index (χ4n) is 1.61. The SMILES string of the molecule is CS(=O)(=O)OS(=O)(=O)c1cccc2ccccc12. The lowest BCUT2D eigenvalue weighted by molar-refractivity contribution is 0.467. The largest absolute Gasteiger partial charge is 0.312 e. The maximum absolute atomic E-state index is 11.9. The third kappa shape index (κ3) is 2.69. The van der Waals surface area contributed by atoms with Crippen LogP contribution in [0.15, 0.2) is 47.4 Å². The number of benzene rings is 2. The number of fused-ring (bicyclic) bond motifs is 1. The van der Waals surface area contributed by atoms with Crippen molar-refractivity contribution < 1.29 is 20.5 Å². The molecule has 2 aromatic rings. The van der Waals surface area contributed by atoms with Crippen LogP contribution in [0.4, 0.5) is 0 Å². The van der Waals surface area contributed by atoms with Crippen molar-refractivity contribution >= 4 is 31.0 Å². The molecule has 0 aliphatic heterocycles. The molecule has 0 saturated carbocycles. The summed E-state index contributed by atoms with van der Waals surface area (Å²) in [6.07, 6.45) is 0.690. The molecule has 0 saturated heterocycles. The Labute approximate surface area is 105 Å². The molecule has 0 unspecified atom stereocenters. The maximum Gasteiger partial charge on any atom is 0.312 e. The molecule has 0 spiro atoms. The van der Waals surface area contributed by atoms with E-state index in [-0.39, 0.29) is 4.90 Å². The van der Waals surface area contributed by atoms with Gasteiger partial charge >= 0.3 is 10.1 Å². The molecule has 0 aliphatic carbocycles. The molecule has 0 aliphatic rings. The van der Waals surface area contributed by atoms with Crippen molar-refractivity contribution in [2.45, 2.75) is 4.90 Å². The predicted molar refractivity (Wildman–Crippen MR) is 67.1 cm³/mol. The molecule has 5 nitrogen and oxygen atoms in total. The Balaban J connectivity index is 2.69. The zero-order valence-corrected chi connectivity index (χ0v) is 11.0. The third-order valence-electron chi connectivity index (χ3n) is 2.23. The Bertz CT molecular complexity index is 786. The molecule has 0 N–H and O–H groups in total. The molecule has 0 bridgehead atoms. The van der Waals surface area contributed by atoms with Crippen LogP contribution in [0.3, 0.4) is 0 Å². The fraction of sp³-hybridized carbons (Fsp3) is 0.0909. The van der Waals surface area contributed by atoms with E-state index >= 15 is 0 Å². The Morgan fingerprint density at radius 2 is 1.50 bits per heavy atom. The first kappa shape index (κ1) is 13.0. The first-order chi connectivity index (χ1) is 8.30. The van der Waals surface area contributed by atoms with E-state index in [1.54, 1.807) is 30.3 Å². The summed E-state index contributed by atoms with van der Waals surface area (Å²) < 4.78 is 49.8. The summed E-state index contributed by atoms with van der Waals surface area (Å²) in [5.41, 5.74) is 0. The van der Waals surface area contributed by atoms with Gasteiger partial charge in [0.1, 0.15) is 4.90 Å². The molecule has 0 aromatic heterocycles. The lowest BCUT2D eigenvalue weighted by atomic mass is 10.1. The van der Waals surface area contributed by atoms with Gasteiger partial charge in [0.25, 0.3) is 10.1 Å². The van der Waals surface area contributed by atoms with Crippen molar-refractivity contribution in [3.05, 3.63) is 42.5 Å². The fourth-order valence-corrected chi connectivity index (χ4v) is 3.91. The van der Waals surface area contributed by atoms with E-state index in [2.05, 4.69) is 3.63 Å². The van der Waals surface area contributed by atoms with Crippen LogP contribution in [0.5, 0.6) is 0 Å². The van der Waals surface area contributed by atoms with E-state index < -0.39 is 20.2 Å². The van der Waals surface area contributed by atoms with Gasteiger partial charge in [-0.1, -0.05) is 36.4 Å². The number of rotatable bonds is 3. The van der Waals surface area contributed by atoms with Crippen molar-refractivity contribution in [2.24, 2.45) is 0 Å². The minimum atomic E-state index is -4.33. The average Bonchev–Trinajstić information content (AvgIpc) is 2.25. The van der Waals surface area contributed by atoms with Crippen LogP contribution in [0, 0.1) is 0 Å². The summed E-state index contributed by atoms with van der Waals surface area (Å²) in [7, 11) is -8.42. The maximum atomic E-state index is 11.9. The first-order valence-electron chi connectivity index (χ1n) is 4.93. The van der Waals surface area contributed by atoms with Crippen LogP contribution in [0.25, 0.3) is 10.8 Å². The molecule has 0 heterocycles. The molecule has 96 valence electrons. The van der Waals surface area contributed by atoms with E-state index in [1.807, 2.05) is 0 Å². The molecule has 18 heavy (non-hydrogen) atoms. The summed E-state index contributed by atoms with van der Waals surface area (Å²) in [5, 5.41) is 1.11. The van der Waals surface area contributed by atoms with E-state index in [9.17, 15) is 16.8 Å². The Morgan fingerprint density at radius 1 is 0.889 bits per heavy atom. The summed E-state index contributed by atoms with van der Waals surface area (Å²) in [5.74, 6) is 0. The van der Waals surface area contributed by atoms with E-state index in [1.165, 1.54) is 12.1 Å². The number of hydrogen-bond donors (Lipinski definition) is 0. The predicted octanol–water partition coefficient (Wildman–Crippen LogP) is 1.50. The second-order valence-corrected chi connectivity index (χ2v) is 7.00. The normalized spacial score (nSPS) is 12.7. The lowest BCUT2D eigenvalue weighted by Gasteiger charge is -2.06. The number of hydrogen-bond acceptors (Lipinski definition) is 5. The molecule has 0 radical (unpaired) electrons. The molecule has 2 aromatic carbocycles. The highest BCUT2D eigenvalue weighted by Gasteiger charge is 2.23. The summed E-state index contributed by atoms with van der Waals surface area (Å²) in [4.78, 5) is -0.161. The molecule has 0 amide bonds. The molecule has 2 rings (SSSR count). The van der Waals surface area contributed by atoms with Crippen LogP contribution in [0.1, 0.15) is 0 Å². The van der Waals surface area contributed by atoms with Gasteiger partial charge in [0.2, 0.25) is 0 Å². The van der Waals surface area contributed by atoms with Crippen LogP contribution < -0.4 is 0 Å². The second kappa shape index (κ2) is 4.34. The quantitative estimate of drug-likeness (QED) is 0.854. The molecular formula is C11H10O5S2. The van der Waals surface area contributed by atoms with Gasteiger partial charge in [-0.25, -0.2) is 0 Å². The summed E-state index contributed by atoms with van der Waals surface area (Å²) >= 11 is 0. The third-order valence-corrected chi connectivity index (χ3v) is 4.83. The van der Waals surface area contributed by atoms with Crippen molar-refractivity contribution in [1.29, 1.82) is 0 Å². The Kier molecular flexibility index (Phi) is 3.14. The average molecular weight is 286 g/mol. The molecule has 0 atom stereocenters. The minimum absolute atomic E-state index is 0.161. The van der Waals surface area contributed by atoms with Gasteiger partial charge in [-0.3, -0.25) is 0 Å². The molecule has 7 heteroatoms. The highest BCUT2D eigenvalue weighted by molar-refractivity contribution is 7.99. The zero-order valence-electron chi connectivity index (χ0n) is 9.40. The van der Waals surface area contributed by atoms with E-state index in [4.69, 9.17) is 0 Å². The minimum Gasteiger partial charge on any atom is -0.199 e. The van der Waals surface area contributed by atoms with E-state index in [0.29, 0.717) is 17.0 Å². The van der Waals surface area contributed by atoms with Gasteiger partial charge in [0.05, 0.1) is 6.26 Å². The standard InChI is InChI=1S/C11H10O5S2/c1-17(12,13)16-18(14,15)11-8-4-6-9-5-2-3-7-10(9)11/h2-8H,1H3. The van der Waals surface area contributed by atoms with Gasteiger partial charge < -0.3 is 0 Å². The monoisotopic (exact) mass is 286 g/mol. The highest BCUT2D eigenvalue weighted by atomic mass is 32.3. The van der Waals surface area contributed by atoms with Crippen molar-refractivity contribution in [3.8, 4) is 0 Å². The van der Waals surface area contributed by atoms with Gasteiger partial charge in [0.15, 0.2) is 0 Å². The van der Waals surface area contributed by atoms with Crippen molar-refractivity contribution in [2.75, 3.05) is 6.26 Å². The first-order valence-corrected chi connectivity index (χ1v) is 8.16. The lowest BCUT2D eigenvalue weighted by Crippen LogP contribution is -2.12. The van der Waals surface area contributed by atoms with Gasteiger partial charge in [-0.2, -0.15) is 16.8 Å². The van der Waals surface area contributed by atoms with Crippen LogP contribution in [-0.2, 0) is 23.9 Å². The zero-order chi connectivity index (χ0) is 13.4. The van der Waals surface area contributed by atoms with Gasteiger partial charge in [-0.05, 0) is 11.5 Å². The van der Waals surface area contributed by atoms with Gasteiger partial charge in [0, 0.05) is 5.39 Å². The molecular weight excluding hydrogens is 276 g/mol. The van der Waals surface area contributed by atoms with Crippen molar-refractivity contribution in [3.63, 3.8) is 0 Å². The smallest absolute Gasteiger partial charge is 0.199 e. The van der Waals surface area contributed by atoms with Crippen LogP contribution in [0.2, 0.25) is 0 Å². The molecule has 0 fully saturated rings. The van der Waals surface area contributed by atoms with Crippen molar-refractivity contribution in [1.82, 2.24) is 0 Å². The second-order valence-electron chi connectivity index (χ2n) is 3.70. The Morgan fingerprint density at radius 3 is 2.17 bits per heavy atom. The van der Waals surface area contributed by atoms with Crippen LogP contribution >= 0.6 is 0 Å². The van der Waals surface area contributed by atoms with Gasteiger partial charge in [-0.15, -0.1) is 3.63 Å². The summed E-state index contributed by atoms with van der Waals surface area (Å²) in [6, 6.07) is 11.3. The van der Waals surface area contributed by atoms with E-state index in [0.717, 1.165) is 0 Å². The highest BCUT2D eigenvalue weighted by Crippen LogP contribution is 2.24. The summed E-state index contributed by atoms with van der Waals surface area (Å²) in [6.45, 7) is 0. The topological polar surface area (TPSA) is 77.5 Å². The van der Waals surface area contributed by atoms with Crippen LogP contribution in [-0.4, -0.2) is 23.1 Å².